The van der Waals surface area contributed by atoms with E-state index in [1.54, 1.807) is 27.1 Å². The van der Waals surface area contributed by atoms with Crippen molar-refractivity contribution >= 4 is 23.2 Å². The number of hydrogen-bond acceptors (Lipinski definition) is 8. The molecule has 0 bridgehead atoms. The fourth-order valence-corrected chi connectivity index (χ4v) is 4.04. The van der Waals surface area contributed by atoms with Crippen LogP contribution in [0.1, 0.15) is 51.8 Å². The number of carbonyl (C=O) groups is 2. The fraction of sp³-hybridized carbons (Fsp3) is 0.480. The summed E-state index contributed by atoms with van der Waals surface area (Å²) in [5, 5.41) is 2.60. The average Bonchev–Trinajstić information content (AvgIpc) is 3.27. The number of aromatic nitrogens is 4. The van der Waals surface area contributed by atoms with E-state index in [9.17, 15) is 9.59 Å². The first-order valence-electron chi connectivity index (χ1n) is 11.7. The molecule has 1 amide bonds. The van der Waals surface area contributed by atoms with Gasteiger partial charge in [-0.15, -0.1) is 0 Å². The number of alkyl carbamates (subject to hydrolysis) is 1. The Morgan fingerprint density at radius 3 is 2.60 bits per heavy atom. The number of imidazole rings is 1. The van der Waals surface area contributed by atoms with Crippen LogP contribution in [0.25, 0.3) is 22.4 Å². The zero-order chi connectivity index (χ0) is 25.0. The number of methoxy groups -OCH3 is 1. The van der Waals surface area contributed by atoms with Gasteiger partial charge < -0.3 is 19.5 Å². The number of fused-ring (bicyclic) bond motifs is 1. The molecule has 1 saturated heterocycles. The Labute approximate surface area is 204 Å². The van der Waals surface area contributed by atoms with Crippen LogP contribution in [-0.2, 0) is 25.4 Å². The van der Waals surface area contributed by atoms with Gasteiger partial charge in [0.05, 0.1) is 13.4 Å². The van der Waals surface area contributed by atoms with Crippen LogP contribution in [-0.4, -0.2) is 56.9 Å². The maximum atomic E-state index is 12.3. The zero-order valence-corrected chi connectivity index (χ0v) is 20.5. The van der Waals surface area contributed by atoms with Crippen molar-refractivity contribution in [2.75, 3.05) is 13.7 Å². The summed E-state index contributed by atoms with van der Waals surface area (Å²) in [5.41, 5.74) is 3.18. The smallest absolute Gasteiger partial charge is 0.408 e. The van der Waals surface area contributed by atoms with Crippen LogP contribution in [0.5, 0.6) is 0 Å². The van der Waals surface area contributed by atoms with E-state index in [-0.39, 0.29) is 12.6 Å². The van der Waals surface area contributed by atoms with Crippen LogP contribution >= 0.6 is 0 Å². The largest absolute Gasteiger partial charge is 0.467 e. The van der Waals surface area contributed by atoms with E-state index in [0.717, 1.165) is 42.6 Å². The van der Waals surface area contributed by atoms with Crippen LogP contribution in [0.2, 0.25) is 0 Å². The minimum absolute atomic E-state index is 0.0633. The van der Waals surface area contributed by atoms with Crippen molar-refractivity contribution in [2.24, 2.45) is 0 Å². The molecule has 186 valence electrons. The van der Waals surface area contributed by atoms with Gasteiger partial charge in [-0.05, 0) is 45.6 Å². The van der Waals surface area contributed by atoms with E-state index in [2.05, 4.69) is 20.3 Å². The lowest BCUT2D eigenvalue weighted by molar-refractivity contribution is -0.143. The molecule has 3 heterocycles. The summed E-state index contributed by atoms with van der Waals surface area (Å²) in [5.74, 6) is -0.548. The summed E-state index contributed by atoms with van der Waals surface area (Å²) in [6.45, 7) is 6.01. The van der Waals surface area contributed by atoms with E-state index >= 15 is 0 Å². The van der Waals surface area contributed by atoms with E-state index in [1.807, 2.05) is 28.8 Å². The molecule has 0 aliphatic carbocycles. The molecule has 1 aliphatic rings. The first-order valence-corrected chi connectivity index (χ1v) is 11.7. The number of nitrogens with zero attached hydrogens (tertiary/aromatic N) is 4. The van der Waals surface area contributed by atoms with Crippen LogP contribution in [0.15, 0.2) is 36.9 Å². The van der Waals surface area contributed by atoms with Crippen molar-refractivity contribution < 1.29 is 23.8 Å². The monoisotopic (exact) mass is 481 g/mol. The van der Waals surface area contributed by atoms with Gasteiger partial charge in [0.25, 0.3) is 0 Å². The minimum Gasteiger partial charge on any atom is -0.467 e. The van der Waals surface area contributed by atoms with Gasteiger partial charge >= 0.3 is 12.1 Å². The fourth-order valence-electron chi connectivity index (χ4n) is 4.04. The second-order valence-corrected chi connectivity index (χ2v) is 9.49. The van der Waals surface area contributed by atoms with Crippen molar-refractivity contribution in [1.82, 2.24) is 24.8 Å². The highest BCUT2D eigenvalue weighted by Crippen LogP contribution is 2.29. The summed E-state index contributed by atoms with van der Waals surface area (Å²) >= 11 is 0. The Morgan fingerprint density at radius 2 is 1.94 bits per heavy atom. The summed E-state index contributed by atoms with van der Waals surface area (Å²) in [6, 6.07) is 6.72. The number of benzene rings is 1. The average molecular weight is 482 g/mol. The molecule has 10 nitrogen and oxygen atoms in total. The number of nitrogens with one attached hydrogen (secondary N) is 1. The SMILES string of the molecule is COC(=O)[C@H](Cc1ccc(-c2ncnc3c2ncn3[C@H]2CCCCO2)cc1)NC(=O)OC(C)(C)C. The lowest BCUT2D eigenvalue weighted by Gasteiger charge is -2.23. The molecule has 4 rings (SSSR count). The Balaban J connectivity index is 1.52. The molecule has 2 aromatic heterocycles. The predicted octanol–water partition coefficient (Wildman–Crippen LogP) is 3.80. The summed E-state index contributed by atoms with van der Waals surface area (Å²) < 4.78 is 18.0. The van der Waals surface area contributed by atoms with Gasteiger partial charge in [0.2, 0.25) is 0 Å². The highest BCUT2D eigenvalue weighted by Gasteiger charge is 2.25. The quantitative estimate of drug-likeness (QED) is 0.528. The second kappa shape index (κ2) is 10.4. The van der Waals surface area contributed by atoms with Crippen molar-refractivity contribution in [3.63, 3.8) is 0 Å². The minimum atomic E-state index is -0.877. The predicted molar refractivity (Wildman–Crippen MR) is 128 cm³/mol. The van der Waals surface area contributed by atoms with E-state index in [0.29, 0.717) is 11.2 Å². The highest BCUT2D eigenvalue weighted by molar-refractivity contribution is 5.87. The molecular formula is C25H31N5O5. The molecule has 0 saturated carbocycles. The van der Waals surface area contributed by atoms with Crippen molar-refractivity contribution in [3.8, 4) is 11.3 Å². The first-order chi connectivity index (χ1) is 16.7. The number of carbonyl (C=O) groups excluding carboxylic acids is 2. The zero-order valence-electron chi connectivity index (χ0n) is 20.5. The van der Waals surface area contributed by atoms with E-state index in [4.69, 9.17) is 14.2 Å². The van der Waals surface area contributed by atoms with Crippen molar-refractivity contribution in [2.45, 2.75) is 64.3 Å². The Kier molecular flexibility index (Phi) is 7.30. The topological polar surface area (TPSA) is 117 Å². The normalized spacial score (nSPS) is 17.1. The molecule has 35 heavy (non-hydrogen) atoms. The lowest BCUT2D eigenvalue weighted by Crippen LogP contribution is -2.45. The Morgan fingerprint density at radius 1 is 1.17 bits per heavy atom. The van der Waals surface area contributed by atoms with Crippen LogP contribution < -0.4 is 5.32 Å². The van der Waals surface area contributed by atoms with Crippen LogP contribution in [0.4, 0.5) is 4.79 Å². The number of amides is 1. The highest BCUT2D eigenvalue weighted by atomic mass is 16.6. The number of ether oxygens (including phenoxy) is 3. The maximum Gasteiger partial charge on any atom is 0.408 e. The summed E-state index contributed by atoms with van der Waals surface area (Å²) in [6.07, 6.45) is 5.91. The van der Waals surface area contributed by atoms with Crippen molar-refractivity contribution in [3.05, 3.63) is 42.5 Å². The van der Waals surface area contributed by atoms with E-state index < -0.39 is 23.7 Å². The maximum absolute atomic E-state index is 12.3. The number of esters is 1. The molecule has 1 N–H and O–H groups in total. The van der Waals surface area contributed by atoms with Gasteiger partial charge in [-0.2, -0.15) is 0 Å². The molecule has 0 spiro atoms. The molecule has 1 aliphatic heterocycles. The molecule has 0 unspecified atom stereocenters. The van der Waals surface area contributed by atoms with Gasteiger partial charge in [0, 0.05) is 18.6 Å². The van der Waals surface area contributed by atoms with Gasteiger partial charge in [-0.1, -0.05) is 24.3 Å². The third-order valence-electron chi connectivity index (χ3n) is 5.67. The van der Waals surface area contributed by atoms with Gasteiger partial charge in [0.1, 0.15) is 35.4 Å². The molecule has 2 atom stereocenters. The second-order valence-electron chi connectivity index (χ2n) is 9.49. The number of hydrogen-bond donors (Lipinski definition) is 1. The molecular weight excluding hydrogens is 450 g/mol. The van der Waals surface area contributed by atoms with Crippen LogP contribution in [0.3, 0.4) is 0 Å². The molecule has 1 fully saturated rings. The first kappa shape index (κ1) is 24.6. The molecule has 3 aromatic rings. The van der Waals surface area contributed by atoms with Crippen molar-refractivity contribution in [1.29, 1.82) is 0 Å². The summed E-state index contributed by atoms with van der Waals surface area (Å²) in [4.78, 5) is 37.9. The van der Waals surface area contributed by atoms with Gasteiger partial charge in [-0.3, -0.25) is 4.57 Å². The third-order valence-corrected chi connectivity index (χ3v) is 5.67. The molecule has 1 aromatic carbocycles. The number of rotatable bonds is 6. The van der Waals surface area contributed by atoms with Gasteiger partial charge in [0.15, 0.2) is 5.65 Å². The third kappa shape index (κ3) is 5.94. The lowest BCUT2D eigenvalue weighted by atomic mass is 10.0. The standard InChI is InChI=1S/C25H31N5O5/c1-25(2,3)35-24(32)29-18(23(31)33-4)13-16-8-10-17(11-9-16)20-21-22(27-14-26-20)30(15-28-21)19-7-5-6-12-34-19/h8-11,14-15,18-19H,5-7,12-13H2,1-4H3,(H,29,32)/t18-,19+/m0/s1. The van der Waals surface area contributed by atoms with Crippen LogP contribution in [0, 0.1) is 0 Å². The Bertz CT molecular complexity index is 1180. The molecule has 0 radical (unpaired) electrons. The summed E-state index contributed by atoms with van der Waals surface area (Å²) in [7, 11) is 1.28. The van der Waals surface area contributed by atoms with E-state index in [1.165, 1.54) is 13.4 Å². The molecule has 10 heteroatoms. The Hall–Kier alpha value is -3.53. The van der Waals surface area contributed by atoms with Gasteiger partial charge in [-0.25, -0.2) is 24.5 Å².